The van der Waals surface area contributed by atoms with Crippen molar-refractivity contribution in [2.24, 2.45) is 0 Å². The fraction of sp³-hybridized carbons (Fsp3) is 1.00. The Morgan fingerprint density at radius 3 is 1.67 bits per heavy atom. The van der Waals surface area contributed by atoms with Crippen LogP contribution in [0.2, 0.25) is 0 Å². The summed E-state index contributed by atoms with van der Waals surface area (Å²) in [4.78, 5) is 1.50. The second-order valence-electron chi connectivity index (χ2n) is 2.45. The van der Waals surface area contributed by atoms with E-state index in [0.717, 1.165) is 6.61 Å². The van der Waals surface area contributed by atoms with Crippen LogP contribution in [-0.2, 0) is 4.74 Å². The minimum atomic E-state index is 0.222. The quantitative estimate of drug-likeness (QED) is 0.279. The Kier molecular flexibility index (Phi) is 3.06. The first-order chi connectivity index (χ1) is 4.12. The van der Waals surface area contributed by atoms with Crippen molar-refractivity contribution in [3.63, 3.8) is 0 Å². The predicted octanol–water partition coefficient (Wildman–Crippen LogP) is 2.05. The van der Waals surface area contributed by atoms with Crippen molar-refractivity contribution in [1.29, 1.82) is 0 Å². The van der Waals surface area contributed by atoms with Crippen LogP contribution in [0.25, 0.3) is 16.0 Å². The van der Waals surface area contributed by atoms with E-state index in [1.807, 2.05) is 0 Å². The van der Waals surface area contributed by atoms with Crippen LogP contribution in [0.4, 0.5) is 0 Å². The number of hydrogen-bond acceptors (Lipinski definition) is 1. The molecule has 1 aliphatic heterocycles. The molecule has 0 atom stereocenters. The monoisotopic (exact) mass is 128 g/mol. The van der Waals surface area contributed by atoms with Gasteiger partial charge in [0, 0.05) is 0 Å². The van der Waals surface area contributed by atoms with Crippen LogP contribution in [0.3, 0.4) is 0 Å². The van der Waals surface area contributed by atoms with Gasteiger partial charge in [0.05, 0.1) is 12.2 Å². The van der Waals surface area contributed by atoms with E-state index in [1.54, 1.807) is 0 Å². The lowest BCUT2D eigenvalue weighted by molar-refractivity contribution is -0.120. The minimum Gasteiger partial charge on any atom is -0.375 e. The fourth-order valence-electron chi connectivity index (χ4n) is 0.510. The first kappa shape index (κ1) is 8.27. The maximum Gasteiger partial charge on any atom is 0.0648 e. The summed E-state index contributed by atoms with van der Waals surface area (Å²) in [5, 5.41) is 0. The van der Waals surface area contributed by atoms with Gasteiger partial charge in [-0.15, -0.1) is 0 Å². The first-order valence-electron chi connectivity index (χ1n) is 2.75. The van der Waals surface area contributed by atoms with E-state index in [0.29, 0.717) is 0 Å². The molecule has 0 aromatic heterocycles. The van der Waals surface area contributed by atoms with Gasteiger partial charge >= 0.3 is 0 Å². The van der Waals surface area contributed by atoms with E-state index < -0.39 is 0 Å². The van der Waals surface area contributed by atoms with Gasteiger partial charge in [-0.3, -0.25) is 4.91 Å². The normalized spacial score (nSPS) is 20.2. The molecule has 0 amide bonds. The highest BCUT2D eigenvalue weighted by molar-refractivity contribution is 4.75. The van der Waals surface area contributed by atoms with Gasteiger partial charge < -0.3 is 15.8 Å². The van der Waals surface area contributed by atoms with Gasteiger partial charge in [0.2, 0.25) is 0 Å². The Morgan fingerprint density at radius 2 is 1.67 bits per heavy atom. The number of ether oxygens (including phenoxy) is 1. The SMILES string of the molecule is CC1(C)CCO1.[N-]=[N+]=[N-]. The zero-order valence-corrected chi connectivity index (χ0v) is 5.66. The first-order valence-corrected chi connectivity index (χ1v) is 2.75. The number of hydrogen-bond donors (Lipinski definition) is 0. The molecule has 1 saturated heterocycles. The summed E-state index contributed by atoms with van der Waals surface area (Å²) in [5.41, 5.74) is 13.7. The van der Waals surface area contributed by atoms with Gasteiger partial charge in [0.25, 0.3) is 0 Å². The van der Waals surface area contributed by atoms with E-state index in [9.17, 15) is 0 Å². The average Bonchev–Trinajstić information content (AvgIpc) is 1.65. The van der Waals surface area contributed by atoms with Crippen molar-refractivity contribution in [3.8, 4) is 0 Å². The molecule has 0 aromatic rings. The summed E-state index contributed by atoms with van der Waals surface area (Å²) in [7, 11) is 0. The minimum absolute atomic E-state index is 0.222. The Hall–Kier alpha value is -0.730. The molecule has 0 unspecified atom stereocenters. The maximum atomic E-state index is 6.75. The topological polar surface area (TPSA) is 67.9 Å². The smallest absolute Gasteiger partial charge is 0.0648 e. The van der Waals surface area contributed by atoms with E-state index in [4.69, 9.17) is 15.8 Å². The molecule has 0 aromatic carbocycles. The van der Waals surface area contributed by atoms with E-state index in [2.05, 4.69) is 13.8 Å². The molecule has 1 heterocycles. The van der Waals surface area contributed by atoms with Gasteiger partial charge in [-0.2, -0.15) is 0 Å². The van der Waals surface area contributed by atoms with Crippen LogP contribution in [0, 0.1) is 0 Å². The van der Waals surface area contributed by atoms with E-state index in [1.165, 1.54) is 11.3 Å². The molecular formula is C5H10N3O-. The molecule has 4 heteroatoms. The maximum absolute atomic E-state index is 6.75. The molecule has 0 bridgehead atoms. The molecule has 9 heavy (non-hydrogen) atoms. The molecule has 0 aliphatic carbocycles. The molecular weight excluding hydrogens is 118 g/mol. The molecule has 0 radical (unpaired) electrons. The van der Waals surface area contributed by atoms with E-state index in [-0.39, 0.29) is 5.60 Å². The van der Waals surface area contributed by atoms with Crippen LogP contribution in [-0.4, -0.2) is 12.2 Å². The Balaban J connectivity index is 0.000000187. The van der Waals surface area contributed by atoms with Crippen molar-refractivity contribution in [1.82, 2.24) is 0 Å². The van der Waals surface area contributed by atoms with E-state index >= 15 is 0 Å². The van der Waals surface area contributed by atoms with Crippen LogP contribution >= 0.6 is 0 Å². The zero-order valence-electron chi connectivity index (χ0n) is 5.66. The summed E-state index contributed by atoms with van der Waals surface area (Å²) in [6.45, 7) is 5.18. The van der Waals surface area contributed by atoms with Crippen molar-refractivity contribution in [2.75, 3.05) is 6.61 Å². The third kappa shape index (κ3) is 3.82. The molecule has 1 aliphatic rings. The summed E-state index contributed by atoms with van der Waals surface area (Å²) in [5.74, 6) is 0. The fourth-order valence-corrected chi connectivity index (χ4v) is 0.510. The second-order valence-corrected chi connectivity index (χ2v) is 2.45. The van der Waals surface area contributed by atoms with Gasteiger partial charge in [0.15, 0.2) is 0 Å². The van der Waals surface area contributed by atoms with Gasteiger partial charge in [0.1, 0.15) is 0 Å². The predicted molar refractivity (Wildman–Crippen MR) is 34.7 cm³/mol. The third-order valence-corrected chi connectivity index (χ3v) is 1.20. The molecule has 0 spiro atoms. The molecule has 0 saturated carbocycles. The highest BCUT2D eigenvalue weighted by Gasteiger charge is 2.26. The summed E-state index contributed by atoms with van der Waals surface area (Å²) < 4.78 is 5.12. The lowest BCUT2D eigenvalue weighted by atomic mass is 10.0. The Morgan fingerprint density at radius 1 is 1.44 bits per heavy atom. The molecule has 1 fully saturated rings. The van der Waals surface area contributed by atoms with Crippen LogP contribution in [0.15, 0.2) is 0 Å². The summed E-state index contributed by atoms with van der Waals surface area (Å²) >= 11 is 0. The lowest BCUT2D eigenvalue weighted by Gasteiger charge is -2.34. The Bertz CT molecular complexity index is 109. The molecule has 1 rings (SSSR count). The third-order valence-electron chi connectivity index (χ3n) is 1.20. The van der Waals surface area contributed by atoms with Gasteiger partial charge in [-0.1, -0.05) is 0 Å². The average molecular weight is 128 g/mol. The van der Waals surface area contributed by atoms with Crippen molar-refractivity contribution in [3.05, 3.63) is 16.0 Å². The van der Waals surface area contributed by atoms with Crippen LogP contribution in [0.5, 0.6) is 0 Å². The molecule has 0 N–H and O–H groups in total. The van der Waals surface area contributed by atoms with Crippen molar-refractivity contribution < 1.29 is 4.74 Å². The highest BCUT2D eigenvalue weighted by Crippen LogP contribution is 2.23. The number of rotatable bonds is 0. The largest absolute Gasteiger partial charge is 0.375 e. The lowest BCUT2D eigenvalue weighted by Crippen LogP contribution is -2.36. The zero-order chi connectivity index (χ0) is 7.33. The van der Waals surface area contributed by atoms with Crippen LogP contribution < -0.4 is 0 Å². The second kappa shape index (κ2) is 3.33. The Labute approximate surface area is 54.2 Å². The summed E-state index contributed by atoms with van der Waals surface area (Å²) in [6, 6.07) is 0. The highest BCUT2D eigenvalue weighted by atomic mass is 16.5. The standard InChI is InChI=1S/C5H10O.N3/c1-5(2)3-4-6-5;1-3-2/h3-4H2,1-2H3;/q;-1. The van der Waals surface area contributed by atoms with Crippen molar-refractivity contribution in [2.45, 2.75) is 25.9 Å². The number of nitrogens with zero attached hydrogens (tertiary/aromatic N) is 3. The van der Waals surface area contributed by atoms with Gasteiger partial charge in [-0.05, 0) is 20.3 Å². The summed E-state index contributed by atoms with van der Waals surface area (Å²) in [6.07, 6.45) is 1.23. The van der Waals surface area contributed by atoms with Crippen LogP contribution in [0.1, 0.15) is 20.3 Å². The van der Waals surface area contributed by atoms with Crippen molar-refractivity contribution >= 4 is 0 Å². The molecule has 52 valence electrons. The molecule has 4 nitrogen and oxygen atoms in total. The van der Waals surface area contributed by atoms with Gasteiger partial charge in [-0.25, -0.2) is 0 Å².